The fourth-order valence-electron chi connectivity index (χ4n) is 2.82. The van der Waals surface area contributed by atoms with Crippen LogP contribution in [-0.2, 0) is 4.74 Å². The second-order valence-corrected chi connectivity index (χ2v) is 5.35. The maximum atomic E-state index is 12.3. The smallest absolute Gasteiger partial charge is 0.251 e. The van der Waals surface area contributed by atoms with Gasteiger partial charge in [0.2, 0.25) is 0 Å². The lowest BCUT2D eigenvalue weighted by Gasteiger charge is -2.20. The molecule has 2 N–H and O–H groups in total. The maximum absolute atomic E-state index is 12.3. The Kier molecular flexibility index (Phi) is 5.01. The van der Waals surface area contributed by atoms with E-state index in [1.807, 2.05) is 25.1 Å². The van der Waals surface area contributed by atoms with E-state index in [0.717, 1.165) is 37.1 Å². The SMILES string of the molecule is CCNc1ccc(C(=O)NC2CCCC2OC)cc1C. The summed E-state index contributed by atoms with van der Waals surface area (Å²) in [5, 5.41) is 6.37. The molecule has 0 heterocycles. The first kappa shape index (κ1) is 14.9. The zero-order valence-corrected chi connectivity index (χ0v) is 12.5. The summed E-state index contributed by atoms with van der Waals surface area (Å²) >= 11 is 0. The van der Waals surface area contributed by atoms with E-state index in [9.17, 15) is 4.79 Å². The third kappa shape index (κ3) is 3.31. The van der Waals surface area contributed by atoms with Gasteiger partial charge in [0.05, 0.1) is 12.1 Å². The first-order chi connectivity index (χ1) is 9.65. The van der Waals surface area contributed by atoms with Crippen LogP contribution in [-0.4, -0.2) is 31.7 Å². The monoisotopic (exact) mass is 276 g/mol. The van der Waals surface area contributed by atoms with E-state index in [1.54, 1.807) is 7.11 Å². The average molecular weight is 276 g/mol. The van der Waals surface area contributed by atoms with Gasteiger partial charge in [0.15, 0.2) is 0 Å². The van der Waals surface area contributed by atoms with Crippen LogP contribution in [0.2, 0.25) is 0 Å². The molecule has 1 fully saturated rings. The first-order valence-electron chi connectivity index (χ1n) is 7.34. The van der Waals surface area contributed by atoms with Crippen molar-refractivity contribution in [3.05, 3.63) is 29.3 Å². The maximum Gasteiger partial charge on any atom is 0.251 e. The third-order valence-corrected chi connectivity index (χ3v) is 3.93. The molecular formula is C16H24N2O2. The molecule has 0 spiro atoms. The summed E-state index contributed by atoms with van der Waals surface area (Å²) in [5.41, 5.74) is 2.89. The lowest BCUT2D eigenvalue weighted by molar-refractivity contribution is 0.0722. The van der Waals surface area contributed by atoms with E-state index >= 15 is 0 Å². The van der Waals surface area contributed by atoms with Gasteiger partial charge in [-0.3, -0.25) is 4.79 Å². The van der Waals surface area contributed by atoms with E-state index in [2.05, 4.69) is 17.6 Å². The standard InChI is InChI=1S/C16H24N2O2/c1-4-17-13-9-8-12(10-11(13)2)16(19)18-14-6-5-7-15(14)20-3/h8-10,14-15,17H,4-7H2,1-3H3,(H,18,19). The fraction of sp³-hybridized carbons (Fsp3) is 0.562. The van der Waals surface area contributed by atoms with E-state index in [1.165, 1.54) is 0 Å². The zero-order valence-electron chi connectivity index (χ0n) is 12.5. The van der Waals surface area contributed by atoms with Gasteiger partial charge in [-0.15, -0.1) is 0 Å². The van der Waals surface area contributed by atoms with E-state index in [-0.39, 0.29) is 18.1 Å². The Morgan fingerprint density at radius 2 is 2.20 bits per heavy atom. The topological polar surface area (TPSA) is 50.4 Å². The van der Waals surface area contributed by atoms with Gasteiger partial charge >= 0.3 is 0 Å². The summed E-state index contributed by atoms with van der Waals surface area (Å²) in [7, 11) is 1.71. The molecule has 1 aliphatic rings. The molecule has 0 bridgehead atoms. The minimum absolute atomic E-state index is 0.00917. The molecule has 20 heavy (non-hydrogen) atoms. The van der Waals surface area contributed by atoms with Gasteiger partial charge in [0, 0.05) is 24.9 Å². The number of nitrogens with one attached hydrogen (secondary N) is 2. The van der Waals surface area contributed by atoms with Crippen molar-refractivity contribution in [3.8, 4) is 0 Å². The summed E-state index contributed by atoms with van der Waals surface area (Å²) in [6.07, 6.45) is 3.29. The minimum atomic E-state index is -0.00917. The van der Waals surface area contributed by atoms with Crippen molar-refractivity contribution in [1.82, 2.24) is 5.32 Å². The lowest BCUT2D eigenvalue weighted by Crippen LogP contribution is -2.40. The van der Waals surface area contributed by atoms with Crippen LogP contribution in [0.15, 0.2) is 18.2 Å². The second kappa shape index (κ2) is 6.75. The number of hydrogen-bond donors (Lipinski definition) is 2. The largest absolute Gasteiger partial charge is 0.385 e. The molecule has 0 aliphatic heterocycles. The summed E-state index contributed by atoms with van der Waals surface area (Å²) < 4.78 is 5.41. The zero-order chi connectivity index (χ0) is 14.5. The number of rotatable bonds is 5. The van der Waals surface area contributed by atoms with Crippen molar-refractivity contribution in [1.29, 1.82) is 0 Å². The van der Waals surface area contributed by atoms with Gasteiger partial charge in [0.25, 0.3) is 5.91 Å². The first-order valence-corrected chi connectivity index (χ1v) is 7.34. The average Bonchev–Trinajstić information content (AvgIpc) is 2.88. The Hall–Kier alpha value is -1.55. The van der Waals surface area contributed by atoms with Crippen LogP contribution in [0.3, 0.4) is 0 Å². The normalized spacial score (nSPS) is 21.8. The molecule has 4 nitrogen and oxygen atoms in total. The molecular weight excluding hydrogens is 252 g/mol. The highest BCUT2D eigenvalue weighted by Crippen LogP contribution is 2.22. The highest BCUT2D eigenvalue weighted by Gasteiger charge is 2.28. The van der Waals surface area contributed by atoms with Gasteiger partial charge < -0.3 is 15.4 Å². The molecule has 0 saturated heterocycles. The van der Waals surface area contributed by atoms with Gasteiger partial charge in [-0.1, -0.05) is 0 Å². The summed E-state index contributed by atoms with van der Waals surface area (Å²) in [6.45, 7) is 4.96. The fourth-order valence-corrected chi connectivity index (χ4v) is 2.82. The van der Waals surface area contributed by atoms with Crippen molar-refractivity contribution >= 4 is 11.6 Å². The molecule has 0 aromatic heterocycles. The number of methoxy groups -OCH3 is 1. The molecule has 1 aromatic carbocycles. The van der Waals surface area contributed by atoms with Crippen LogP contribution in [0.1, 0.15) is 42.1 Å². The van der Waals surface area contributed by atoms with E-state index in [4.69, 9.17) is 4.74 Å². The van der Waals surface area contributed by atoms with Gasteiger partial charge in [0.1, 0.15) is 0 Å². The molecule has 1 aliphatic carbocycles. The minimum Gasteiger partial charge on any atom is -0.385 e. The van der Waals surface area contributed by atoms with Gasteiger partial charge in [-0.05, 0) is 56.9 Å². The summed E-state index contributed by atoms with van der Waals surface area (Å²) in [6, 6.07) is 5.92. The molecule has 1 saturated carbocycles. The Labute approximate surface area is 120 Å². The highest BCUT2D eigenvalue weighted by molar-refractivity contribution is 5.95. The van der Waals surface area contributed by atoms with Crippen molar-refractivity contribution in [2.24, 2.45) is 0 Å². The molecule has 1 aromatic rings. The predicted molar refractivity (Wildman–Crippen MR) is 81.2 cm³/mol. The molecule has 4 heteroatoms. The number of hydrogen-bond acceptors (Lipinski definition) is 3. The van der Waals surface area contributed by atoms with Gasteiger partial charge in [-0.25, -0.2) is 0 Å². The second-order valence-electron chi connectivity index (χ2n) is 5.35. The Balaban J connectivity index is 2.04. The quantitative estimate of drug-likeness (QED) is 0.869. The molecule has 2 atom stereocenters. The van der Waals surface area contributed by atoms with Crippen LogP contribution in [0.25, 0.3) is 0 Å². The van der Waals surface area contributed by atoms with Crippen molar-refractivity contribution in [3.63, 3.8) is 0 Å². The van der Waals surface area contributed by atoms with Crippen LogP contribution >= 0.6 is 0 Å². The number of ether oxygens (including phenoxy) is 1. The Bertz CT molecular complexity index is 474. The number of carbonyl (C=O) groups is 1. The van der Waals surface area contributed by atoms with Crippen LogP contribution in [0.4, 0.5) is 5.69 Å². The van der Waals surface area contributed by atoms with Crippen molar-refractivity contribution in [2.75, 3.05) is 19.0 Å². The van der Waals surface area contributed by atoms with Crippen LogP contribution in [0, 0.1) is 6.92 Å². The number of aryl methyl sites for hydroxylation is 1. The highest BCUT2D eigenvalue weighted by atomic mass is 16.5. The van der Waals surface area contributed by atoms with E-state index < -0.39 is 0 Å². The number of anilines is 1. The van der Waals surface area contributed by atoms with Crippen molar-refractivity contribution in [2.45, 2.75) is 45.3 Å². The van der Waals surface area contributed by atoms with Crippen molar-refractivity contribution < 1.29 is 9.53 Å². The third-order valence-electron chi connectivity index (χ3n) is 3.93. The molecule has 1 amide bonds. The van der Waals surface area contributed by atoms with E-state index in [0.29, 0.717) is 5.56 Å². The number of amides is 1. The molecule has 0 radical (unpaired) electrons. The van der Waals surface area contributed by atoms with Crippen LogP contribution < -0.4 is 10.6 Å². The summed E-state index contributed by atoms with van der Waals surface area (Å²) in [5.74, 6) is -0.00917. The number of carbonyl (C=O) groups excluding carboxylic acids is 1. The Morgan fingerprint density at radius 1 is 1.40 bits per heavy atom. The molecule has 2 rings (SSSR count). The Morgan fingerprint density at radius 3 is 2.85 bits per heavy atom. The number of benzene rings is 1. The molecule has 2 unspecified atom stereocenters. The predicted octanol–water partition coefficient (Wildman–Crippen LogP) is 2.72. The summed E-state index contributed by atoms with van der Waals surface area (Å²) in [4.78, 5) is 12.3. The van der Waals surface area contributed by atoms with Gasteiger partial charge in [-0.2, -0.15) is 0 Å². The van der Waals surface area contributed by atoms with Crippen LogP contribution in [0.5, 0.6) is 0 Å². The lowest BCUT2D eigenvalue weighted by atomic mass is 10.1. The molecule has 110 valence electrons.